The fraction of sp³-hybridized carbons (Fsp3) is 0.500. The Kier molecular flexibility index (Phi) is 4.68. The number of amides is 1. The van der Waals surface area contributed by atoms with E-state index in [9.17, 15) is 4.79 Å². The standard InChI is InChI=1S/C12H17N3OS2/c13-11(17)8-14-2-4-15(5-3-14)12(16)7-10-1-6-18-9-10/h1,6,9H,2-5,7-8H2,(H2,13,17). The lowest BCUT2D eigenvalue weighted by atomic mass is 10.2. The highest BCUT2D eigenvalue weighted by atomic mass is 32.1. The molecule has 1 saturated heterocycles. The zero-order valence-electron chi connectivity index (χ0n) is 10.2. The minimum absolute atomic E-state index is 0.211. The van der Waals surface area contributed by atoms with Crippen molar-refractivity contribution in [2.75, 3.05) is 32.7 Å². The van der Waals surface area contributed by atoms with E-state index in [2.05, 4.69) is 4.90 Å². The van der Waals surface area contributed by atoms with Gasteiger partial charge in [-0.15, -0.1) is 0 Å². The number of piperazine rings is 1. The first-order chi connectivity index (χ1) is 8.65. The highest BCUT2D eigenvalue weighted by molar-refractivity contribution is 7.80. The monoisotopic (exact) mass is 283 g/mol. The van der Waals surface area contributed by atoms with Crippen LogP contribution in [-0.4, -0.2) is 53.4 Å². The van der Waals surface area contributed by atoms with Crippen molar-refractivity contribution < 1.29 is 4.79 Å². The quantitative estimate of drug-likeness (QED) is 0.827. The fourth-order valence-corrected chi connectivity index (χ4v) is 2.91. The van der Waals surface area contributed by atoms with Crippen molar-refractivity contribution in [2.24, 2.45) is 5.73 Å². The first-order valence-corrected chi connectivity index (χ1v) is 7.30. The molecule has 1 aliphatic heterocycles. The summed E-state index contributed by atoms with van der Waals surface area (Å²) in [6, 6.07) is 2.01. The molecule has 1 aliphatic rings. The lowest BCUT2D eigenvalue weighted by molar-refractivity contribution is -0.132. The van der Waals surface area contributed by atoms with Gasteiger partial charge in [0, 0.05) is 32.7 Å². The Bertz CT molecular complexity index is 411. The Balaban J connectivity index is 1.79. The van der Waals surface area contributed by atoms with E-state index in [0.717, 1.165) is 31.7 Å². The smallest absolute Gasteiger partial charge is 0.227 e. The summed E-state index contributed by atoms with van der Waals surface area (Å²) >= 11 is 6.52. The van der Waals surface area contributed by atoms with E-state index in [1.165, 1.54) is 0 Å². The lowest BCUT2D eigenvalue weighted by Crippen LogP contribution is -2.50. The molecule has 2 rings (SSSR count). The van der Waals surface area contributed by atoms with Crippen LogP contribution in [0.25, 0.3) is 0 Å². The number of hydrogen-bond acceptors (Lipinski definition) is 4. The number of thiocarbonyl (C=S) groups is 1. The van der Waals surface area contributed by atoms with Gasteiger partial charge in [-0.1, -0.05) is 12.2 Å². The molecule has 1 aromatic heterocycles. The minimum atomic E-state index is 0.211. The van der Waals surface area contributed by atoms with Gasteiger partial charge in [0.1, 0.15) is 0 Å². The molecular weight excluding hydrogens is 266 g/mol. The third-order valence-electron chi connectivity index (χ3n) is 3.04. The first-order valence-electron chi connectivity index (χ1n) is 5.94. The maximum atomic E-state index is 12.1. The molecule has 0 aliphatic carbocycles. The molecule has 0 bridgehead atoms. The molecule has 0 saturated carbocycles. The summed E-state index contributed by atoms with van der Waals surface area (Å²) in [6.45, 7) is 3.90. The fourth-order valence-electron chi connectivity index (χ4n) is 2.06. The molecule has 1 aromatic rings. The van der Waals surface area contributed by atoms with E-state index in [1.54, 1.807) is 11.3 Å². The van der Waals surface area contributed by atoms with Gasteiger partial charge in [-0.25, -0.2) is 0 Å². The second kappa shape index (κ2) is 6.26. The molecule has 2 heterocycles. The van der Waals surface area contributed by atoms with E-state index in [-0.39, 0.29) is 5.91 Å². The van der Waals surface area contributed by atoms with Gasteiger partial charge in [0.2, 0.25) is 5.91 Å². The van der Waals surface area contributed by atoms with E-state index < -0.39 is 0 Å². The van der Waals surface area contributed by atoms with Crippen LogP contribution < -0.4 is 5.73 Å². The van der Waals surface area contributed by atoms with Crippen molar-refractivity contribution in [1.82, 2.24) is 9.80 Å². The normalized spacial score (nSPS) is 16.8. The highest BCUT2D eigenvalue weighted by Gasteiger charge is 2.21. The number of nitrogens with zero attached hydrogens (tertiary/aromatic N) is 2. The Labute approximate surface area is 116 Å². The molecule has 0 aromatic carbocycles. The third kappa shape index (κ3) is 3.76. The Morgan fingerprint density at radius 3 is 2.67 bits per heavy atom. The Hall–Kier alpha value is -0.980. The van der Waals surface area contributed by atoms with Crippen LogP contribution in [0.5, 0.6) is 0 Å². The molecule has 4 nitrogen and oxygen atoms in total. The molecule has 2 N–H and O–H groups in total. The van der Waals surface area contributed by atoms with Crippen LogP contribution in [-0.2, 0) is 11.2 Å². The molecule has 0 spiro atoms. The van der Waals surface area contributed by atoms with Crippen LogP contribution >= 0.6 is 23.6 Å². The molecular formula is C12H17N3OS2. The summed E-state index contributed by atoms with van der Waals surface area (Å²) in [7, 11) is 0. The summed E-state index contributed by atoms with van der Waals surface area (Å²) in [5.41, 5.74) is 6.63. The van der Waals surface area contributed by atoms with Crippen LogP contribution in [0, 0.1) is 0 Å². The predicted molar refractivity (Wildman–Crippen MR) is 77.8 cm³/mol. The van der Waals surface area contributed by atoms with Gasteiger partial charge >= 0.3 is 0 Å². The number of carbonyl (C=O) groups excluding carboxylic acids is 1. The van der Waals surface area contributed by atoms with E-state index in [1.807, 2.05) is 21.7 Å². The van der Waals surface area contributed by atoms with Gasteiger partial charge in [0.15, 0.2) is 0 Å². The summed E-state index contributed by atoms with van der Waals surface area (Å²) < 4.78 is 0. The third-order valence-corrected chi connectivity index (χ3v) is 3.90. The summed E-state index contributed by atoms with van der Waals surface area (Å²) in [6.07, 6.45) is 0.513. The molecule has 98 valence electrons. The van der Waals surface area contributed by atoms with Crippen LogP contribution in [0.4, 0.5) is 0 Å². The van der Waals surface area contributed by atoms with Gasteiger partial charge in [0.25, 0.3) is 0 Å². The van der Waals surface area contributed by atoms with Crippen LogP contribution in [0.3, 0.4) is 0 Å². The Morgan fingerprint density at radius 2 is 2.11 bits per heavy atom. The van der Waals surface area contributed by atoms with Gasteiger partial charge in [-0.05, 0) is 22.4 Å². The van der Waals surface area contributed by atoms with Gasteiger partial charge in [-0.3, -0.25) is 9.69 Å². The molecule has 0 atom stereocenters. The number of nitrogens with two attached hydrogens (primary N) is 1. The summed E-state index contributed by atoms with van der Waals surface area (Å²) in [5, 5.41) is 4.03. The molecule has 6 heteroatoms. The van der Waals surface area contributed by atoms with E-state index in [0.29, 0.717) is 18.0 Å². The molecule has 1 amide bonds. The maximum absolute atomic E-state index is 12.1. The van der Waals surface area contributed by atoms with Gasteiger partial charge < -0.3 is 10.6 Å². The molecule has 0 radical (unpaired) electrons. The van der Waals surface area contributed by atoms with E-state index >= 15 is 0 Å². The topological polar surface area (TPSA) is 49.6 Å². The van der Waals surface area contributed by atoms with Gasteiger partial charge in [0.05, 0.1) is 11.4 Å². The highest BCUT2D eigenvalue weighted by Crippen LogP contribution is 2.10. The Morgan fingerprint density at radius 1 is 1.39 bits per heavy atom. The van der Waals surface area contributed by atoms with Crippen LogP contribution in [0.15, 0.2) is 16.8 Å². The van der Waals surface area contributed by atoms with Gasteiger partial charge in [-0.2, -0.15) is 11.3 Å². The summed E-state index contributed by atoms with van der Waals surface area (Å²) in [4.78, 5) is 16.7. The average molecular weight is 283 g/mol. The molecule has 18 heavy (non-hydrogen) atoms. The number of hydrogen-bond donors (Lipinski definition) is 1. The van der Waals surface area contributed by atoms with Crippen LogP contribution in [0.2, 0.25) is 0 Å². The maximum Gasteiger partial charge on any atom is 0.227 e. The van der Waals surface area contributed by atoms with Crippen molar-refractivity contribution >= 4 is 34.5 Å². The molecule has 0 unspecified atom stereocenters. The zero-order valence-corrected chi connectivity index (χ0v) is 11.8. The predicted octanol–water partition coefficient (Wildman–Crippen LogP) is 0.721. The van der Waals surface area contributed by atoms with Crippen molar-refractivity contribution in [1.29, 1.82) is 0 Å². The second-order valence-corrected chi connectivity index (χ2v) is 5.74. The second-order valence-electron chi connectivity index (χ2n) is 4.43. The number of carbonyl (C=O) groups is 1. The SMILES string of the molecule is NC(=S)CN1CCN(C(=O)Cc2ccsc2)CC1. The number of rotatable bonds is 4. The zero-order chi connectivity index (χ0) is 13.0. The average Bonchev–Trinajstić information content (AvgIpc) is 2.82. The van der Waals surface area contributed by atoms with Crippen molar-refractivity contribution in [2.45, 2.75) is 6.42 Å². The first kappa shape index (κ1) is 13.5. The van der Waals surface area contributed by atoms with Crippen molar-refractivity contribution in [3.05, 3.63) is 22.4 Å². The summed E-state index contributed by atoms with van der Waals surface area (Å²) in [5.74, 6) is 0.211. The van der Waals surface area contributed by atoms with Crippen molar-refractivity contribution in [3.8, 4) is 0 Å². The minimum Gasteiger partial charge on any atom is -0.392 e. The largest absolute Gasteiger partial charge is 0.392 e. The van der Waals surface area contributed by atoms with Crippen molar-refractivity contribution in [3.63, 3.8) is 0 Å². The van der Waals surface area contributed by atoms with Crippen LogP contribution in [0.1, 0.15) is 5.56 Å². The number of thiophene rings is 1. The van der Waals surface area contributed by atoms with E-state index in [4.69, 9.17) is 18.0 Å². The lowest BCUT2D eigenvalue weighted by Gasteiger charge is -2.34. The molecule has 1 fully saturated rings.